The zero-order valence-corrected chi connectivity index (χ0v) is 18.3. The van der Waals surface area contributed by atoms with Crippen molar-refractivity contribution >= 4 is 35.4 Å². The Balaban J connectivity index is 1.78. The zero-order valence-electron chi connectivity index (χ0n) is 16.8. The van der Waals surface area contributed by atoms with Crippen molar-refractivity contribution in [2.75, 3.05) is 13.1 Å². The first kappa shape index (κ1) is 22.6. The maximum Gasteiger partial charge on any atom is 0.410 e. The second-order valence-corrected chi connectivity index (χ2v) is 9.02. The summed E-state index contributed by atoms with van der Waals surface area (Å²) in [6.07, 6.45) is 0.802. The number of hydrogen-bond acceptors (Lipinski definition) is 4. The fraction of sp³-hybridized carbons (Fsp3) is 0.600. The van der Waals surface area contributed by atoms with E-state index in [0.717, 1.165) is 18.4 Å². The first-order valence-electron chi connectivity index (χ1n) is 9.38. The summed E-state index contributed by atoms with van der Waals surface area (Å²) in [5.41, 5.74) is 0.229. The molecule has 0 radical (unpaired) electrons. The number of halogens is 2. The number of hydrogen-bond donors (Lipinski definition) is 1. The highest BCUT2D eigenvalue weighted by Gasteiger charge is 2.30. The lowest BCUT2D eigenvalue weighted by Crippen LogP contribution is -2.47. The average Bonchev–Trinajstić information content (AvgIpc) is 2.55. The summed E-state index contributed by atoms with van der Waals surface area (Å²) >= 11 is 11.9. The molecule has 0 bridgehead atoms. The largest absolute Gasteiger partial charge is 0.445 e. The molecule has 2 atom stereocenters. The molecule has 8 heteroatoms. The third kappa shape index (κ3) is 7.40. The summed E-state index contributed by atoms with van der Waals surface area (Å²) in [6.45, 7) is 8.70. The lowest BCUT2D eigenvalue weighted by Gasteiger charge is -2.37. The van der Waals surface area contributed by atoms with Crippen LogP contribution in [-0.2, 0) is 16.1 Å². The molecule has 1 fully saturated rings. The Bertz CT molecular complexity index is 686. The van der Waals surface area contributed by atoms with Crippen molar-refractivity contribution in [3.63, 3.8) is 0 Å². The van der Waals surface area contributed by atoms with Gasteiger partial charge in [-0.3, -0.25) is 0 Å². The minimum absolute atomic E-state index is 0.0228. The molecule has 1 heterocycles. The van der Waals surface area contributed by atoms with Gasteiger partial charge in [-0.25, -0.2) is 9.59 Å². The Morgan fingerprint density at radius 1 is 1.21 bits per heavy atom. The van der Waals surface area contributed by atoms with Crippen LogP contribution in [0, 0.1) is 5.92 Å². The van der Waals surface area contributed by atoms with Crippen molar-refractivity contribution < 1.29 is 19.1 Å². The Hall–Kier alpha value is -1.66. The molecule has 0 aromatic heterocycles. The molecule has 0 aliphatic carbocycles. The standard InChI is InChI=1S/C20H28Cl2N2O4/c1-13-7-14(11-23-18(25)28-20(2,3)4)5-6-24(13)19(26)27-12-15-8-16(21)10-17(22)9-15/h8-10,13-14H,5-7,11-12H2,1-4H3,(H,23,25)/t13-,14-/m1/s1. The number of benzene rings is 1. The summed E-state index contributed by atoms with van der Waals surface area (Å²) in [5, 5.41) is 3.82. The molecular formula is C20H28Cl2N2O4. The molecule has 1 saturated heterocycles. The van der Waals surface area contributed by atoms with E-state index in [0.29, 0.717) is 29.1 Å². The molecule has 2 amide bonds. The fourth-order valence-electron chi connectivity index (χ4n) is 3.19. The smallest absolute Gasteiger partial charge is 0.410 e. The van der Waals surface area contributed by atoms with Crippen LogP contribution in [-0.4, -0.2) is 41.8 Å². The van der Waals surface area contributed by atoms with Crippen molar-refractivity contribution in [2.45, 2.75) is 58.8 Å². The van der Waals surface area contributed by atoms with E-state index in [1.165, 1.54) is 0 Å². The fourth-order valence-corrected chi connectivity index (χ4v) is 3.76. The van der Waals surface area contributed by atoms with E-state index >= 15 is 0 Å². The summed E-state index contributed by atoms with van der Waals surface area (Å²) < 4.78 is 10.7. The van der Waals surface area contributed by atoms with E-state index in [-0.39, 0.29) is 18.7 Å². The number of nitrogens with zero attached hydrogens (tertiary/aromatic N) is 1. The highest BCUT2D eigenvalue weighted by Crippen LogP contribution is 2.24. The van der Waals surface area contributed by atoms with Crippen molar-refractivity contribution in [3.8, 4) is 0 Å². The maximum absolute atomic E-state index is 12.4. The highest BCUT2D eigenvalue weighted by molar-refractivity contribution is 6.34. The number of amides is 2. The van der Waals surface area contributed by atoms with Gasteiger partial charge >= 0.3 is 12.2 Å². The maximum atomic E-state index is 12.4. The predicted octanol–water partition coefficient (Wildman–Crippen LogP) is 5.26. The molecule has 1 aliphatic heterocycles. The van der Waals surface area contributed by atoms with Crippen molar-refractivity contribution in [1.29, 1.82) is 0 Å². The van der Waals surface area contributed by atoms with Gasteiger partial charge in [-0.15, -0.1) is 0 Å². The summed E-state index contributed by atoms with van der Waals surface area (Å²) in [7, 11) is 0. The molecule has 1 aromatic carbocycles. The van der Waals surface area contributed by atoms with Gasteiger partial charge in [-0.05, 0) is 70.2 Å². The molecule has 0 unspecified atom stereocenters. The SMILES string of the molecule is C[C@@H]1C[C@H](CNC(=O)OC(C)(C)C)CCN1C(=O)OCc1cc(Cl)cc(Cl)c1. The molecule has 2 rings (SSSR count). The van der Waals surface area contributed by atoms with Crippen LogP contribution in [0.2, 0.25) is 10.0 Å². The van der Waals surface area contributed by atoms with Crippen LogP contribution < -0.4 is 5.32 Å². The molecule has 28 heavy (non-hydrogen) atoms. The van der Waals surface area contributed by atoms with E-state index in [4.69, 9.17) is 32.7 Å². The van der Waals surface area contributed by atoms with Gasteiger partial charge in [0, 0.05) is 29.2 Å². The van der Waals surface area contributed by atoms with Crippen molar-refractivity contribution in [2.24, 2.45) is 5.92 Å². The summed E-state index contributed by atoms with van der Waals surface area (Å²) in [6, 6.07) is 5.10. The first-order chi connectivity index (χ1) is 13.0. The van der Waals surface area contributed by atoms with Crippen LogP contribution in [0.3, 0.4) is 0 Å². The third-order valence-electron chi connectivity index (χ3n) is 4.44. The van der Waals surface area contributed by atoms with Gasteiger partial charge in [-0.1, -0.05) is 23.2 Å². The number of carbonyl (C=O) groups excluding carboxylic acids is 2. The van der Waals surface area contributed by atoms with Crippen molar-refractivity contribution in [3.05, 3.63) is 33.8 Å². The minimum Gasteiger partial charge on any atom is -0.445 e. The molecule has 0 spiro atoms. The van der Waals surface area contributed by atoms with E-state index in [1.54, 1.807) is 23.1 Å². The van der Waals surface area contributed by atoms with Gasteiger partial charge in [0.15, 0.2) is 0 Å². The van der Waals surface area contributed by atoms with Crippen LogP contribution in [0.25, 0.3) is 0 Å². The number of ether oxygens (including phenoxy) is 2. The summed E-state index contributed by atoms with van der Waals surface area (Å²) in [5.74, 6) is 0.290. The Morgan fingerprint density at radius 3 is 2.43 bits per heavy atom. The molecule has 6 nitrogen and oxygen atoms in total. The van der Waals surface area contributed by atoms with E-state index in [2.05, 4.69) is 5.32 Å². The highest BCUT2D eigenvalue weighted by atomic mass is 35.5. The number of piperidine rings is 1. The monoisotopic (exact) mass is 430 g/mol. The normalized spacial score (nSPS) is 19.9. The van der Waals surface area contributed by atoms with Crippen LogP contribution in [0.5, 0.6) is 0 Å². The average molecular weight is 431 g/mol. The van der Waals surface area contributed by atoms with Gasteiger partial charge < -0.3 is 19.7 Å². The van der Waals surface area contributed by atoms with Gasteiger partial charge in [0.2, 0.25) is 0 Å². The quantitative estimate of drug-likeness (QED) is 0.707. The summed E-state index contributed by atoms with van der Waals surface area (Å²) in [4.78, 5) is 25.9. The number of carbonyl (C=O) groups is 2. The number of rotatable bonds is 4. The number of likely N-dealkylation sites (tertiary alicyclic amines) is 1. The molecule has 1 N–H and O–H groups in total. The van der Waals surface area contributed by atoms with Crippen LogP contribution in [0.4, 0.5) is 9.59 Å². The lowest BCUT2D eigenvalue weighted by atomic mass is 9.92. The third-order valence-corrected chi connectivity index (χ3v) is 4.87. The predicted molar refractivity (Wildman–Crippen MR) is 110 cm³/mol. The molecule has 1 aromatic rings. The van der Waals surface area contributed by atoms with Gasteiger partial charge in [-0.2, -0.15) is 0 Å². The van der Waals surface area contributed by atoms with Gasteiger partial charge in [0.1, 0.15) is 12.2 Å². The molecule has 1 aliphatic rings. The van der Waals surface area contributed by atoms with E-state index in [1.807, 2.05) is 27.7 Å². The van der Waals surface area contributed by atoms with E-state index < -0.39 is 11.7 Å². The lowest BCUT2D eigenvalue weighted by molar-refractivity contribution is 0.0467. The Morgan fingerprint density at radius 2 is 1.86 bits per heavy atom. The van der Waals surface area contributed by atoms with Gasteiger partial charge in [0.05, 0.1) is 0 Å². The second kappa shape index (κ2) is 9.70. The second-order valence-electron chi connectivity index (χ2n) is 8.15. The topological polar surface area (TPSA) is 67.9 Å². The van der Waals surface area contributed by atoms with Crippen LogP contribution in [0.1, 0.15) is 46.1 Å². The number of nitrogens with one attached hydrogen (secondary N) is 1. The number of alkyl carbamates (subject to hydrolysis) is 1. The van der Waals surface area contributed by atoms with Crippen LogP contribution >= 0.6 is 23.2 Å². The Kier molecular flexibility index (Phi) is 7.84. The van der Waals surface area contributed by atoms with Gasteiger partial charge in [0.25, 0.3) is 0 Å². The molecule has 0 saturated carbocycles. The van der Waals surface area contributed by atoms with Crippen molar-refractivity contribution in [1.82, 2.24) is 10.2 Å². The first-order valence-corrected chi connectivity index (χ1v) is 10.1. The Labute approximate surface area is 176 Å². The van der Waals surface area contributed by atoms with E-state index in [9.17, 15) is 9.59 Å². The molecule has 156 valence electrons. The van der Waals surface area contributed by atoms with Crippen LogP contribution in [0.15, 0.2) is 18.2 Å². The zero-order chi connectivity index (χ0) is 20.9. The minimum atomic E-state index is -0.516. The molecular weight excluding hydrogens is 403 g/mol.